The number of Topliss-reactive ketones (excluding diaryl/α,β-unsaturated/α-hetero) is 1. The van der Waals surface area contributed by atoms with Gasteiger partial charge in [-0.3, -0.25) is 9.69 Å². The predicted molar refractivity (Wildman–Crippen MR) is 65.5 cm³/mol. The molecule has 0 radical (unpaired) electrons. The molecule has 0 aromatic heterocycles. The largest absolute Gasteiger partial charge is 0.304 e. The molecule has 1 saturated carbocycles. The van der Waals surface area contributed by atoms with Gasteiger partial charge in [0.05, 0.1) is 0 Å². The smallest absolute Gasteiger partial charge is 0.136 e. The third-order valence-electron chi connectivity index (χ3n) is 4.16. The zero-order valence-corrected chi connectivity index (χ0v) is 10.6. The molecule has 1 aliphatic carbocycles. The topological polar surface area (TPSA) is 23.6 Å². The van der Waals surface area contributed by atoms with Crippen molar-refractivity contribution in [2.75, 3.05) is 33.2 Å². The van der Waals surface area contributed by atoms with Crippen LogP contribution in [0.3, 0.4) is 0 Å². The third-order valence-corrected chi connectivity index (χ3v) is 4.16. The Morgan fingerprint density at radius 3 is 2.81 bits per heavy atom. The Bertz CT molecular complexity index is 254. The quantitative estimate of drug-likeness (QED) is 0.723. The first-order chi connectivity index (χ1) is 7.66. The number of ketones is 1. The maximum Gasteiger partial charge on any atom is 0.136 e. The molecule has 1 aliphatic heterocycles. The predicted octanol–water partition coefficient (Wildman–Crippen LogP) is 1.38. The molecule has 0 N–H and O–H groups in total. The summed E-state index contributed by atoms with van der Waals surface area (Å²) in [6.45, 7) is 6.91. The summed E-state index contributed by atoms with van der Waals surface area (Å²) in [5, 5.41) is 0. The fraction of sp³-hybridized carbons (Fsp3) is 0.923. The molecular formula is C13H24N2O. The van der Waals surface area contributed by atoms with Crippen molar-refractivity contribution in [1.29, 1.82) is 0 Å². The highest BCUT2D eigenvalue weighted by atomic mass is 16.1. The van der Waals surface area contributed by atoms with E-state index >= 15 is 0 Å². The van der Waals surface area contributed by atoms with Gasteiger partial charge < -0.3 is 4.90 Å². The van der Waals surface area contributed by atoms with Crippen LogP contribution in [-0.2, 0) is 4.79 Å². The summed E-state index contributed by atoms with van der Waals surface area (Å²) in [6.07, 6.45) is 4.19. The normalized spacial score (nSPS) is 33.5. The van der Waals surface area contributed by atoms with Crippen LogP contribution in [0.4, 0.5) is 0 Å². The SMILES string of the molecule is CC1CN(C)CCN1CCC1CCCC1=O. The number of hydrogen-bond donors (Lipinski definition) is 0. The van der Waals surface area contributed by atoms with E-state index in [1.165, 1.54) is 19.6 Å². The maximum absolute atomic E-state index is 11.6. The van der Waals surface area contributed by atoms with Gasteiger partial charge in [0.15, 0.2) is 0 Å². The van der Waals surface area contributed by atoms with Gasteiger partial charge in [-0.1, -0.05) is 0 Å². The van der Waals surface area contributed by atoms with Crippen LogP contribution in [0, 0.1) is 5.92 Å². The van der Waals surface area contributed by atoms with Crippen molar-refractivity contribution in [2.24, 2.45) is 5.92 Å². The van der Waals surface area contributed by atoms with Crippen LogP contribution in [0.2, 0.25) is 0 Å². The van der Waals surface area contributed by atoms with Crippen molar-refractivity contribution >= 4 is 5.78 Å². The van der Waals surface area contributed by atoms with Crippen molar-refractivity contribution in [3.05, 3.63) is 0 Å². The van der Waals surface area contributed by atoms with E-state index < -0.39 is 0 Å². The minimum Gasteiger partial charge on any atom is -0.304 e. The van der Waals surface area contributed by atoms with Crippen LogP contribution < -0.4 is 0 Å². The van der Waals surface area contributed by atoms with Gasteiger partial charge in [-0.15, -0.1) is 0 Å². The number of carbonyl (C=O) groups excluding carboxylic acids is 1. The first kappa shape index (κ1) is 12.1. The van der Waals surface area contributed by atoms with E-state index in [0.29, 0.717) is 17.7 Å². The molecule has 2 fully saturated rings. The van der Waals surface area contributed by atoms with Crippen molar-refractivity contribution in [2.45, 2.75) is 38.6 Å². The molecule has 0 aromatic carbocycles. The number of nitrogens with zero attached hydrogens (tertiary/aromatic N) is 2. The monoisotopic (exact) mass is 224 g/mol. The van der Waals surface area contributed by atoms with E-state index in [1.807, 2.05) is 0 Å². The number of hydrogen-bond acceptors (Lipinski definition) is 3. The van der Waals surface area contributed by atoms with Gasteiger partial charge in [-0.25, -0.2) is 0 Å². The Hall–Kier alpha value is -0.410. The summed E-state index contributed by atoms with van der Waals surface area (Å²) in [4.78, 5) is 16.5. The molecule has 2 unspecified atom stereocenters. The second-order valence-corrected chi connectivity index (χ2v) is 5.49. The molecule has 2 aliphatic rings. The molecule has 2 atom stereocenters. The van der Waals surface area contributed by atoms with Crippen molar-refractivity contribution in [3.63, 3.8) is 0 Å². The fourth-order valence-corrected chi connectivity index (χ4v) is 3.02. The lowest BCUT2D eigenvalue weighted by atomic mass is 10.0. The molecule has 3 nitrogen and oxygen atoms in total. The summed E-state index contributed by atoms with van der Waals surface area (Å²) in [5.74, 6) is 0.897. The zero-order chi connectivity index (χ0) is 11.5. The van der Waals surface area contributed by atoms with Crippen molar-refractivity contribution < 1.29 is 4.79 Å². The number of piperazine rings is 1. The van der Waals surface area contributed by atoms with Crippen LogP contribution in [0.15, 0.2) is 0 Å². The van der Waals surface area contributed by atoms with Crippen LogP contribution >= 0.6 is 0 Å². The Morgan fingerprint density at radius 1 is 1.38 bits per heavy atom. The van der Waals surface area contributed by atoms with E-state index in [2.05, 4.69) is 23.8 Å². The molecule has 2 rings (SSSR count). The molecule has 92 valence electrons. The Kier molecular flexibility index (Phi) is 3.98. The van der Waals surface area contributed by atoms with E-state index in [0.717, 1.165) is 32.2 Å². The maximum atomic E-state index is 11.6. The van der Waals surface area contributed by atoms with Gasteiger partial charge in [0, 0.05) is 38.0 Å². The summed E-state index contributed by atoms with van der Waals surface area (Å²) < 4.78 is 0. The Balaban J connectivity index is 1.75. The Labute approximate surface area is 98.8 Å². The van der Waals surface area contributed by atoms with Gasteiger partial charge >= 0.3 is 0 Å². The lowest BCUT2D eigenvalue weighted by molar-refractivity contribution is -0.121. The van der Waals surface area contributed by atoms with Crippen LogP contribution in [0.5, 0.6) is 0 Å². The van der Waals surface area contributed by atoms with Crippen molar-refractivity contribution in [1.82, 2.24) is 9.80 Å². The first-order valence-corrected chi connectivity index (χ1v) is 6.62. The molecule has 0 bridgehead atoms. The van der Waals surface area contributed by atoms with Crippen LogP contribution in [-0.4, -0.2) is 54.9 Å². The van der Waals surface area contributed by atoms with E-state index in [-0.39, 0.29) is 0 Å². The second-order valence-electron chi connectivity index (χ2n) is 5.49. The molecule has 1 heterocycles. The molecule has 0 aromatic rings. The van der Waals surface area contributed by atoms with Crippen molar-refractivity contribution in [3.8, 4) is 0 Å². The first-order valence-electron chi connectivity index (χ1n) is 6.62. The Morgan fingerprint density at radius 2 is 2.19 bits per heavy atom. The fourth-order valence-electron chi connectivity index (χ4n) is 3.02. The highest BCUT2D eigenvalue weighted by molar-refractivity contribution is 5.82. The van der Waals surface area contributed by atoms with Crippen LogP contribution in [0.1, 0.15) is 32.6 Å². The lowest BCUT2D eigenvalue weighted by Crippen LogP contribution is -2.50. The molecule has 3 heteroatoms. The van der Waals surface area contributed by atoms with E-state index in [4.69, 9.17) is 0 Å². The molecule has 0 amide bonds. The van der Waals surface area contributed by atoms with Gasteiger partial charge in [-0.2, -0.15) is 0 Å². The van der Waals surface area contributed by atoms with E-state index in [9.17, 15) is 4.79 Å². The summed E-state index contributed by atoms with van der Waals surface area (Å²) in [5.41, 5.74) is 0. The molecule has 0 spiro atoms. The van der Waals surface area contributed by atoms with Gasteiger partial charge in [0.25, 0.3) is 0 Å². The van der Waals surface area contributed by atoms with Gasteiger partial charge in [0.2, 0.25) is 0 Å². The van der Waals surface area contributed by atoms with E-state index in [1.54, 1.807) is 0 Å². The number of likely N-dealkylation sites (N-methyl/N-ethyl adjacent to an activating group) is 1. The highest BCUT2D eigenvalue weighted by Crippen LogP contribution is 2.25. The lowest BCUT2D eigenvalue weighted by Gasteiger charge is -2.38. The average molecular weight is 224 g/mol. The standard InChI is InChI=1S/C13H24N2O/c1-11-10-14(2)8-9-15(11)7-6-12-4-3-5-13(12)16/h11-12H,3-10H2,1-2H3. The minimum atomic E-state index is 0.381. The van der Waals surface area contributed by atoms with Crippen LogP contribution in [0.25, 0.3) is 0 Å². The molecule has 1 saturated heterocycles. The number of rotatable bonds is 3. The molecular weight excluding hydrogens is 200 g/mol. The van der Waals surface area contributed by atoms with Gasteiger partial charge in [0.1, 0.15) is 5.78 Å². The second kappa shape index (κ2) is 5.28. The average Bonchev–Trinajstić information content (AvgIpc) is 2.63. The minimum absolute atomic E-state index is 0.381. The zero-order valence-electron chi connectivity index (χ0n) is 10.6. The molecule has 16 heavy (non-hydrogen) atoms. The third kappa shape index (κ3) is 2.83. The summed E-state index contributed by atoms with van der Waals surface area (Å²) in [7, 11) is 2.19. The summed E-state index contributed by atoms with van der Waals surface area (Å²) >= 11 is 0. The van der Waals surface area contributed by atoms with Gasteiger partial charge in [-0.05, 0) is 39.8 Å². The summed E-state index contributed by atoms with van der Waals surface area (Å²) in [6, 6.07) is 0.648. The number of carbonyl (C=O) groups is 1. The highest BCUT2D eigenvalue weighted by Gasteiger charge is 2.27.